The van der Waals surface area contributed by atoms with Gasteiger partial charge in [-0.15, -0.1) is 0 Å². The summed E-state index contributed by atoms with van der Waals surface area (Å²) in [6, 6.07) is 21.9. The highest BCUT2D eigenvalue weighted by Gasteiger charge is 2.32. The van der Waals surface area contributed by atoms with Gasteiger partial charge in [0.1, 0.15) is 18.1 Å². The molecule has 1 heterocycles. The first-order valence-electron chi connectivity index (χ1n) is 10.0. The van der Waals surface area contributed by atoms with Gasteiger partial charge in [0.25, 0.3) is 5.91 Å². The number of carbonyl (C=O) groups is 2. The largest absolute Gasteiger partial charge is 0.489 e. The highest BCUT2D eigenvalue weighted by atomic mass is 35.5. The average molecular weight is 467 g/mol. The molecule has 1 fully saturated rings. The van der Waals surface area contributed by atoms with Crippen molar-refractivity contribution in [1.29, 1.82) is 0 Å². The van der Waals surface area contributed by atoms with Crippen molar-refractivity contribution in [2.45, 2.75) is 19.6 Å². The van der Waals surface area contributed by atoms with Crippen LogP contribution in [0, 0.1) is 0 Å². The van der Waals surface area contributed by atoms with E-state index in [9.17, 15) is 9.59 Å². The molecule has 0 unspecified atom stereocenters. The number of ether oxygens (including phenoxy) is 1. The molecule has 1 aliphatic heterocycles. The van der Waals surface area contributed by atoms with Crippen LogP contribution in [-0.4, -0.2) is 16.8 Å². The van der Waals surface area contributed by atoms with Gasteiger partial charge < -0.3 is 4.74 Å². The minimum atomic E-state index is -0.429. The molecule has 7 heteroatoms. The third kappa shape index (κ3) is 5.49. The first-order chi connectivity index (χ1) is 15.5. The maximum absolute atomic E-state index is 12.3. The molecular formula is C25H20Cl2N2O3. The fourth-order valence-corrected chi connectivity index (χ4v) is 3.53. The Bertz CT molecular complexity index is 1140. The van der Waals surface area contributed by atoms with Gasteiger partial charge >= 0.3 is 6.03 Å². The van der Waals surface area contributed by atoms with Gasteiger partial charge in [-0.25, -0.2) is 4.79 Å². The van der Waals surface area contributed by atoms with Crippen molar-refractivity contribution in [1.82, 2.24) is 10.2 Å². The SMILES string of the molecule is O=C1NC(=O)N(Cc2ccc(Cl)cc2)C1=CCc1ccc(OCc2ccc(Cl)cc2)cc1. The highest BCUT2D eigenvalue weighted by Crippen LogP contribution is 2.21. The summed E-state index contributed by atoms with van der Waals surface area (Å²) in [5, 5.41) is 3.66. The summed E-state index contributed by atoms with van der Waals surface area (Å²) in [4.78, 5) is 25.9. The van der Waals surface area contributed by atoms with Crippen LogP contribution in [0.4, 0.5) is 4.79 Å². The van der Waals surface area contributed by atoms with Crippen LogP contribution < -0.4 is 10.1 Å². The van der Waals surface area contributed by atoms with Crippen molar-refractivity contribution in [2.75, 3.05) is 0 Å². The molecular weight excluding hydrogens is 447 g/mol. The van der Waals surface area contributed by atoms with Crippen LogP contribution in [0.1, 0.15) is 16.7 Å². The van der Waals surface area contributed by atoms with E-state index in [4.69, 9.17) is 27.9 Å². The zero-order valence-electron chi connectivity index (χ0n) is 17.1. The molecule has 0 saturated carbocycles. The van der Waals surface area contributed by atoms with Crippen molar-refractivity contribution in [3.8, 4) is 5.75 Å². The molecule has 1 saturated heterocycles. The highest BCUT2D eigenvalue weighted by molar-refractivity contribution is 6.30. The summed E-state index contributed by atoms with van der Waals surface area (Å²) in [6.07, 6.45) is 2.27. The molecule has 0 atom stereocenters. The van der Waals surface area contributed by atoms with Crippen LogP contribution in [0.15, 0.2) is 84.6 Å². The van der Waals surface area contributed by atoms with Gasteiger partial charge in [-0.3, -0.25) is 15.0 Å². The smallest absolute Gasteiger partial charge is 0.329 e. The van der Waals surface area contributed by atoms with Crippen LogP contribution in [0.5, 0.6) is 5.75 Å². The Morgan fingerprint density at radius 1 is 0.781 bits per heavy atom. The summed E-state index contributed by atoms with van der Waals surface area (Å²) in [5.74, 6) is 0.349. The molecule has 1 N–H and O–H groups in total. The van der Waals surface area contributed by atoms with E-state index in [-0.39, 0.29) is 6.54 Å². The molecule has 0 aliphatic carbocycles. The predicted octanol–water partition coefficient (Wildman–Crippen LogP) is 5.75. The molecule has 162 valence electrons. The fraction of sp³-hybridized carbons (Fsp3) is 0.120. The minimum absolute atomic E-state index is 0.290. The molecule has 3 aromatic rings. The van der Waals surface area contributed by atoms with Gasteiger partial charge in [0.2, 0.25) is 0 Å². The Hall–Kier alpha value is -3.28. The summed E-state index contributed by atoms with van der Waals surface area (Å²) >= 11 is 11.8. The molecule has 0 aromatic heterocycles. The van der Waals surface area contributed by atoms with Crippen LogP contribution in [0.3, 0.4) is 0 Å². The van der Waals surface area contributed by atoms with Gasteiger partial charge in [0.05, 0.1) is 6.54 Å². The number of halogens is 2. The number of nitrogens with zero attached hydrogens (tertiary/aromatic N) is 1. The standard InChI is InChI=1S/C25H20Cl2N2O3/c26-20-8-1-18(2-9-20)15-29-23(24(30)28-25(29)31)14-7-17-5-12-22(13-6-17)32-16-19-3-10-21(27)11-4-19/h1-6,8-14H,7,15-16H2,(H,28,30,31). The summed E-state index contributed by atoms with van der Waals surface area (Å²) < 4.78 is 5.80. The quantitative estimate of drug-likeness (QED) is 0.356. The second kappa shape index (κ2) is 9.90. The third-order valence-corrected chi connectivity index (χ3v) is 5.52. The van der Waals surface area contributed by atoms with Gasteiger partial charge in [0.15, 0.2) is 0 Å². The van der Waals surface area contributed by atoms with Crippen LogP contribution in [-0.2, 0) is 24.4 Å². The number of hydrogen-bond acceptors (Lipinski definition) is 3. The summed E-state index contributed by atoms with van der Waals surface area (Å²) in [6.45, 7) is 0.737. The third-order valence-electron chi connectivity index (χ3n) is 5.02. The molecule has 1 aliphatic rings. The number of allylic oxidation sites excluding steroid dienone is 1. The molecule has 3 aromatic carbocycles. The summed E-state index contributed by atoms with van der Waals surface area (Å²) in [7, 11) is 0. The number of nitrogens with one attached hydrogen (secondary N) is 1. The van der Waals surface area contributed by atoms with Crippen molar-refractivity contribution >= 4 is 35.1 Å². The molecule has 0 bridgehead atoms. The maximum Gasteiger partial charge on any atom is 0.329 e. The first kappa shape index (κ1) is 21.9. The van der Waals surface area contributed by atoms with Crippen molar-refractivity contribution < 1.29 is 14.3 Å². The topological polar surface area (TPSA) is 58.6 Å². The number of imide groups is 1. The Balaban J connectivity index is 1.39. The predicted molar refractivity (Wildman–Crippen MR) is 125 cm³/mol. The van der Waals surface area contributed by atoms with Crippen LogP contribution in [0.25, 0.3) is 0 Å². The Kier molecular flexibility index (Phi) is 6.78. The normalized spacial score (nSPS) is 14.7. The zero-order chi connectivity index (χ0) is 22.5. The van der Waals surface area contributed by atoms with E-state index in [1.165, 1.54) is 4.90 Å². The lowest BCUT2D eigenvalue weighted by Gasteiger charge is -2.15. The molecule has 0 radical (unpaired) electrons. The van der Waals surface area contributed by atoms with Gasteiger partial charge in [-0.05, 0) is 59.5 Å². The number of carbonyl (C=O) groups excluding carboxylic acids is 2. The van der Waals surface area contributed by atoms with E-state index in [0.717, 1.165) is 22.4 Å². The Labute approximate surface area is 196 Å². The molecule has 0 spiro atoms. The van der Waals surface area contributed by atoms with Crippen LogP contribution in [0.2, 0.25) is 10.0 Å². The second-order valence-corrected chi connectivity index (χ2v) is 8.20. The first-order valence-corrected chi connectivity index (χ1v) is 10.8. The second-order valence-electron chi connectivity index (χ2n) is 7.32. The Morgan fingerprint density at radius 2 is 1.34 bits per heavy atom. The number of rotatable bonds is 7. The number of amides is 3. The fourth-order valence-electron chi connectivity index (χ4n) is 3.28. The zero-order valence-corrected chi connectivity index (χ0v) is 18.6. The average Bonchev–Trinajstić information content (AvgIpc) is 3.06. The lowest BCUT2D eigenvalue weighted by atomic mass is 10.1. The lowest BCUT2D eigenvalue weighted by Crippen LogP contribution is -2.27. The number of hydrogen-bond donors (Lipinski definition) is 1. The van der Waals surface area contributed by atoms with Crippen molar-refractivity contribution in [3.05, 3.63) is 111 Å². The number of benzene rings is 3. The van der Waals surface area contributed by atoms with E-state index in [2.05, 4.69) is 5.32 Å². The molecule has 32 heavy (non-hydrogen) atoms. The van der Waals surface area contributed by atoms with Gasteiger partial charge in [-0.2, -0.15) is 0 Å². The maximum atomic E-state index is 12.3. The molecule has 4 rings (SSSR count). The summed E-state index contributed by atoms with van der Waals surface area (Å²) in [5.41, 5.74) is 3.25. The van der Waals surface area contributed by atoms with E-state index in [1.54, 1.807) is 18.2 Å². The van der Waals surface area contributed by atoms with Crippen molar-refractivity contribution in [3.63, 3.8) is 0 Å². The van der Waals surface area contributed by atoms with Gasteiger partial charge in [0, 0.05) is 10.0 Å². The van der Waals surface area contributed by atoms with E-state index in [1.807, 2.05) is 60.7 Å². The molecule has 5 nitrogen and oxygen atoms in total. The monoisotopic (exact) mass is 466 g/mol. The van der Waals surface area contributed by atoms with Crippen LogP contribution >= 0.6 is 23.2 Å². The van der Waals surface area contributed by atoms with E-state index >= 15 is 0 Å². The number of urea groups is 1. The van der Waals surface area contributed by atoms with E-state index in [0.29, 0.717) is 28.8 Å². The lowest BCUT2D eigenvalue weighted by molar-refractivity contribution is -0.116. The molecule has 3 amide bonds. The minimum Gasteiger partial charge on any atom is -0.489 e. The van der Waals surface area contributed by atoms with Gasteiger partial charge in [-0.1, -0.05) is 65.7 Å². The van der Waals surface area contributed by atoms with E-state index < -0.39 is 11.9 Å². The Morgan fingerprint density at radius 3 is 1.97 bits per heavy atom. The van der Waals surface area contributed by atoms with Crippen molar-refractivity contribution in [2.24, 2.45) is 0 Å².